The van der Waals surface area contributed by atoms with Gasteiger partial charge >= 0.3 is 5.69 Å². The molecule has 0 aliphatic carbocycles. The van der Waals surface area contributed by atoms with Gasteiger partial charge in [-0.05, 0) is 59.9 Å². The molecule has 0 fully saturated rings. The molecule has 0 bridgehead atoms. The van der Waals surface area contributed by atoms with E-state index in [2.05, 4.69) is 24.6 Å². The molecular weight excluding hydrogens is 341 g/mol. The van der Waals surface area contributed by atoms with Gasteiger partial charge in [-0.3, -0.25) is 9.13 Å². The Hall–Kier alpha value is -3.21. The Labute approximate surface area is 157 Å². The Morgan fingerprint density at radius 1 is 1.26 bits per heavy atom. The summed E-state index contributed by atoms with van der Waals surface area (Å²) < 4.78 is 16.6. The predicted molar refractivity (Wildman–Crippen MR) is 107 cm³/mol. The molecular formula is C22H22FN3O. The average Bonchev–Trinajstić information content (AvgIpc) is 2.99. The average molecular weight is 363 g/mol. The van der Waals surface area contributed by atoms with E-state index in [1.54, 1.807) is 30.7 Å². The quantitative estimate of drug-likeness (QED) is 0.605. The van der Waals surface area contributed by atoms with Gasteiger partial charge in [0.2, 0.25) is 0 Å². The summed E-state index contributed by atoms with van der Waals surface area (Å²) in [6.07, 6.45) is 9.87. The second-order valence-electron chi connectivity index (χ2n) is 6.39. The van der Waals surface area contributed by atoms with Crippen molar-refractivity contribution in [3.63, 3.8) is 0 Å². The normalized spacial score (nSPS) is 11.6. The molecule has 5 heteroatoms. The summed E-state index contributed by atoms with van der Waals surface area (Å²) in [5.41, 5.74) is 3.33. The van der Waals surface area contributed by atoms with Gasteiger partial charge in [-0.25, -0.2) is 14.2 Å². The van der Waals surface area contributed by atoms with Crippen LogP contribution in [0, 0.1) is 12.7 Å². The zero-order chi connectivity index (χ0) is 19.4. The molecule has 1 aromatic carbocycles. The largest absolute Gasteiger partial charge is 0.334 e. The van der Waals surface area contributed by atoms with Crippen LogP contribution in [-0.2, 0) is 6.54 Å². The van der Waals surface area contributed by atoms with Gasteiger partial charge in [0.15, 0.2) is 0 Å². The molecule has 0 unspecified atom stereocenters. The molecule has 138 valence electrons. The topological polar surface area (TPSA) is 39.8 Å². The zero-order valence-corrected chi connectivity index (χ0v) is 15.5. The fraction of sp³-hybridized carbons (Fsp3) is 0.182. The van der Waals surface area contributed by atoms with Crippen molar-refractivity contribution in [1.29, 1.82) is 0 Å². The van der Waals surface area contributed by atoms with Crippen LogP contribution in [0.5, 0.6) is 0 Å². The first kappa shape index (κ1) is 18.6. The van der Waals surface area contributed by atoms with Crippen molar-refractivity contribution in [1.82, 2.24) is 14.1 Å². The van der Waals surface area contributed by atoms with Crippen molar-refractivity contribution >= 4 is 5.57 Å². The standard InChI is InChI=1S/C22H22FN3O/c1-4-6-18(5-2)19-7-8-21(24-14-19)26-10-9-25(22(26)27)15-17-11-16(3)12-20(23)13-17/h5-14H,2,4,15H2,1,3H3/b18-6+. The molecule has 2 aromatic heterocycles. The maximum atomic E-state index is 13.6. The van der Waals surface area contributed by atoms with Crippen molar-refractivity contribution in [2.75, 3.05) is 0 Å². The van der Waals surface area contributed by atoms with Gasteiger partial charge in [0, 0.05) is 18.6 Å². The van der Waals surface area contributed by atoms with Gasteiger partial charge in [-0.15, -0.1) is 0 Å². The van der Waals surface area contributed by atoms with Gasteiger partial charge in [-0.1, -0.05) is 31.7 Å². The number of nitrogens with zero attached hydrogens (tertiary/aromatic N) is 3. The molecule has 0 aliphatic heterocycles. The molecule has 4 nitrogen and oxygen atoms in total. The van der Waals surface area contributed by atoms with Gasteiger partial charge in [0.1, 0.15) is 11.6 Å². The number of benzene rings is 1. The number of aromatic nitrogens is 3. The summed E-state index contributed by atoms with van der Waals surface area (Å²) in [4.78, 5) is 17.1. The van der Waals surface area contributed by atoms with Gasteiger partial charge < -0.3 is 0 Å². The molecule has 0 saturated heterocycles. The number of allylic oxidation sites excluding steroid dienone is 3. The molecule has 0 aliphatic rings. The van der Waals surface area contributed by atoms with E-state index in [0.29, 0.717) is 12.4 Å². The van der Waals surface area contributed by atoms with Gasteiger partial charge in [0.25, 0.3) is 0 Å². The third kappa shape index (κ3) is 4.14. The first-order chi connectivity index (χ1) is 13.0. The molecule has 3 rings (SSSR count). The molecule has 2 heterocycles. The van der Waals surface area contributed by atoms with Crippen LogP contribution >= 0.6 is 0 Å². The Balaban J connectivity index is 1.88. The van der Waals surface area contributed by atoms with E-state index in [4.69, 9.17) is 0 Å². The van der Waals surface area contributed by atoms with E-state index < -0.39 is 0 Å². The fourth-order valence-corrected chi connectivity index (χ4v) is 3.05. The summed E-state index contributed by atoms with van der Waals surface area (Å²) in [5.74, 6) is 0.241. The number of pyridine rings is 1. The predicted octanol–water partition coefficient (Wildman–Crippen LogP) is 4.51. The summed E-state index contributed by atoms with van der Waals surface area (Å²) in [5, 5.41) is 0. The first-order valence-corrected chi connectivity index (χ1v) is 8.85. The van der Waals surface area contributed by atoms with Crippen molar-refractivity contribution in [3.8, 4) is 5.82 Å². The van der Waals surface area contributed by atoms with Crippen LogP contribution in [0.3, 0.4) is 0 Å². The van der Waals surface area contributed by atoms with Crippen LogP contribution in [0.25, 0.3) is 11.4 Å². The van der Waals surface area contributed by atoms with Gasteiger partial charge in [0.05, 0.1) is 6.54 Å². The third-order valence-electron chi connectivity index (χ3n) is 4.27. The van der Waals surface area contributed by atoms with Crippen molar-refractivity contribution in [3.05, 3.63) is 101 Å². The Bertz CT molecular complexity index is 1020. The zero-order valence-electron chi connectivity index (χ0n) is 15.5. The Morgan fingerprint density at radius 3 is 2.70 bits per heavy atom. The van der Waals surface area contributed by atoms with Crippen LogP contribution < -0.4 is 5.69 Å². The highest BCUT2D eigenvalue weighted by Gasteiger charge is 2.08. The number of rotatable bonds is 6. The minimum Gasteiger partial charge on any atom is -0.294 e. The monoisotopic (exact) mass is 363 g/mol. The number of hydrogen-bond donors (Lipinski definition) is 0. The second-order valence-corrected chi connectivity index (χ2v) is 6.39. The molecule has 0 amide bonds. The molecule has 0 atom stereocenters. The maximum Gasteiger partial charge on any atom is 0.334 e. The number of imidazole rings is 1. The highest BCUT2D eigenvalue weighted by Crippen LogP contribution is 2.16. The van der Waals surface area contributed by atoms with Crippen LogP contribution in [0.4, 0.5) is 4.39 Å². The molecule has 0 spiro atoms. The number of aryl methyl sites for hydroxylation is 1. The highest BCUT2D eigenvalue weighted by molar-refractivity contribution is 5.73. The SMILES string of the molecule is C=C/C(=C\CC)c1ccc(-n2ccn(Cc3cc(C)cc(F)c3)c2=O)nc1. The second kappa shape index (κ2) is 7.99. The molecule has 3 aromatic rings. The lowest BCUT2D eigenvalue weighted by Crippen LogP contribution is -2.24. The Kier molecular flexibility index (Phi) is 5.50. The fourth-order valence-electron chi connectivity index (χ4n) is 3.05. The van der Waals surface area contributed by atoms with E-state index in [0.717, 1.165) is 28.7 Å². The minimum absolute atomic E-state index is 0.217. The summed E-state index contributed by atoms with van der Waals surface area (Å²) >= 11 is 0. The first-order valence-electron chi connectivity index (χ1n) is 8.85. The number of hydrogen-bond acceptors (Lipinski definition) is 2. The molecule has 0 saturated carbocycles. The van der Waals surface area contributed by atoms with Crippen molar-refractivity contribution in [2.45, 2.75) is 26.8 Å². The van der Waals surface area contributed by atoms with Crippen LogP contribution in [0.15, 0.2) is 72.4 Å². The molecule has 27 heavy (non-hydrogen) atoms. The van der Waals surface area contributed by atoms with E-state index >= 15 is 0 Å². The highest BCUT2D eigenvalue weighted by atomic mass is 19.1. The van der Waals surface area contributed by atoms with Crippen molar-refractivity contribution in [2.24, 2.45) is 0 Å². The molecule has 0 N–H and O–H groups in total. The summed E-state index contributed by atoms with van der Waals surface area (Å²) in [6, 6.07) is 8.51. The van der Waals surface area contributed by atoms with Crippen LogP contribution in [0.1, 0.15) is 30.0 Å². The minimum atomic E-state index is -0.298. The van der Waals surface area contributed by atoms with E-state index in [-0.39, 0.29) is 11.5 Å². The van der Waals surface area contributed by atoms with E-state index in [1.807, 2.05) is 19.1 Å². The lowest BCUT2D eigenvalue weighted by atomic mass is 10.1. The van der Waals surface area contributed by atoms with E-state index in [1.165, 1.54) is 21.3 Å². The maximum absolute atomic E-state index is 13.6. The summed E-state index contributed by atoms with van der Waals surface area (Å²) in [7, 11) is 0. The number of halogens is 1. The summed E-state index contributed by atoms with van der Waals surface area (Å²) in [6.45, 7) is 8.03. The lowest BCUT2D eigenvalue weighted by molar-refractivity contribution is 0.621. The Morgan fingerprint density at radius 2 is 2.07 bits per heavy atom. The van der Waals surface area contributed by atoms with Crippen LogP contribution in [-0.4, -0.2) is 14.1 Å². The van der Waals surface area contributed by atoms with Crippen molar-refractivity contribution < 1.29 is 4.39 Å². The molecule has 0 radical (unpaired) electrons. The third-order valence-corrected chi connectivity index (χ3v) is 4.27. The van der Waals surface area contributed by atoms with Crippen LogP contribution in [0.2, 0.25) is 0 Å². The van der Waals surface area contributed by atoms with E-state index in [9.17, 15) is 9.18 Å². The lowest BCUT2D eigenvalue weighted by Gasteiger charge is -2.06. The smallest absolute Gasteiger partial charge is 0.294 e. The van der Waals surface area contributed by atoms with Gasteiger partial charge in [-0.2, -0.15) is 0 Å².